The summed E-state index contributed by atoms with van der Waals surface area (Å²) in [5, 5.41) is 17.8. The smallest absolute Gasteiger partial charge is 0.246 e. The van der Waals surface area contributed by atoms with E-state index in [4.69, 9.17) is 4.52 Å². The molecule has 148 valence electrons. The first kappa shape index (κ1) is 19.7. The Balaban J connectivity index is 1.49. The van der Waals surface area contributed by atoms with Crippen molar-refractivity contribution in [3.8, 4) is 0 Å². The monoisotopic (exact) mass is 403 g/mol. The van der Waals surface area contributed by atoms with Crippen molar-refractivity contribution in [3.63, 3.8) is 0 Å². The Morgan fingerprint density at radius 3 is 2.29 bits per heavy atom. The van der Waals surface area contributed by atoms with Gasteiger partial charge in [0, 0.05) is 19.3 Å². The minimum absolute atomic E-state index is 0.0763. The maximum atomic E-state index is 12.3. The third-order valence-corrected chi connectivity index (χ3v) is 5.50. The quantitative estimate of drug-likeness (QED) is 0.482. The number of anilines is 3. The Kier molecular flexibility index (Phi) is 5.85. The Morgan fingerprint density at radius 1 is 0.964 bits per heavy atom. The molecule has 0 aliphatic heterocycles. The highest BCUT2D eigenvalue weighted by molar-refractivity contribution is 7.89. The van der Waals surface area contributed by atoms with Crippen LogP contribution >= 0.6 is 0 Å². The van der Waals surface area contributed by atoms with Crippen molar-refractivity contribution in [2.45, 2.75) is 25.7 Å². The fraction of sp³-hybridized carbons (Fsp3) is 0.294. The second kappa shape index (κ2) is 8.31. The van der Waals surface area contributed by atoms with Crippen LogP contribution in [0.3, 0.4) is 0 Å². The van der Waals surface area contributed by atoms with Crippen LogP contribution in [0.15, 0.2) is 39.9 Å². The van der Waals surface area contributed by atoms with E-state index in [9.17, 15) is 8.42 Å². The molecule has 3 heterocycles. The van der Waals surface area contributed by atoms with Crippen molar-refractivity contribution >= 4 is 27.5 Å². The van der Waals surface area contributed by atoms with Crippen molar-refractivity contribution in [1.29, 1.82) is 0 Å². The lowest BCUT2D eigenvalue weighted by Crippen LogP contribution is -2.29. The molecular weight excluding hydrogens is 382 g/mol. The maximum absolute atomic E-state index is 12.3. The molecule has 0 aromatic carbocycles. The van der Waals surface area contributed by atoms with Crippen molar-refractivity contribution in [2.24, 2.45) is 0 Å². The topological polar surface area (TPSA) is 135 Å². The van der Waals surface area contributed by atoms with Gasteiger partial charge >= 0.3 is 0 Å². The van der Waals surface area contributed by atoms with Crippen LogP contribution in [-0.2, 0) is 10.0 Å². The van der Waals surface area contributed by atoms with Gasteiger partial charge in [-0.3, -0.25) is 0 Å². The number of pyridine rings is 1. The van der Waals surface area contributed by atoms with Crippen LogP contribution in [0.1, 0.15) is 17.0 Å². The average Bonchev–Trinajstić information content (AvgIpc) is 3.01. The number of nitrogens with one attached hydrogen (secondary N) is 3. The average molecular weight is 403 g/mol. The molecule has 0 saturated heterocycles. The predicted molar refractivity (Wildman–Crippen MR) is 104 cm³/mol. The fourth-order valence-corrected chi connectivity index (χ4v) is 3.83. The number of rotatable bonds is 8. The first-order valence-electron chi connectivity index (χ1n) is 8.55. The van der Waals surface area contributed by atoms with E-state index in [-0.39, 0.29) is 17.2 Å². The van der Waals surface area contributed by atoms with Gasteiger partial charge in [0.05, 0.1) is 0 Å². The molecule has 0 saturated carbocycles. The van der Waals surface area contributed by atoms with E-state index in [2.05, 4.69) is 35.7 Å². The SMILES string of the molecule is Cc1ccc(Nc2ccc(NCCNS(=O)(=O)c3c(C)noc3C)nn2)nc1. The lowest BCUT2D eigenvalue weighted by atomic mass is 10.3. The van der Waals surface area contributed by atoms with Gasteiger partial charge in [-0.15, -0.1) is 10.2 Å². The van der Waals surface area contributed by atoms with Gasteiger partial charge in [0.1, 0.15) is 22.2 Å². The summed E-state index contributed by atoms with van der Waals surface area (Å²) in [7, 11) is -3.68. The van der Waals surface area contributed by atoms with Crippen LogP contribution in [-0.4, -0.2) is 41.8 Å². The van der Waals surface area contributed by atoms with Crippen molar-refractivity contribution in [1.82, 2.24) is 25.1 Å². The molecule has 3 aromatic rings. The molecule has 0 amide bonds. The molecule has 28 heavy (non-hydrogen) atoms. The van der Waals surface area contributed by atoms with E-state index in [1.165, 1.54) is 0 Å². The van der Waals surface area contributed by atoms with Gasteiger partial charge in [-0.1, -0.05) is 11.2 Å². The molecule has 0 unspecified atom stereocenters. The van der Waals surface area contributed by atoms with Crippen LogP contribution in [0.25, 0.3) is 0 Å². The number of hydrogen-bond donors (Lipinski definition) is 3. The molecule has 0 atom stereocenters. The summed E-state index contributed by atoms with van der Waals surface area (Å²) in [6, 6.07) is 7.30. The third-order valence-electron chi connectivity index (χ3n) is 3.79. The lowest BCUT2D eigenvalue weighted by Gasteiger charge is -2.08. The molecule has 0 aliphatic carbocycles. The van der Waals surface area contributed by atoms with E-state index >= 15 is 0 Å². The zero-order valence-corrected chi connectivity index (χ0v) is 16.5. The number of hydrogen-bond acceptors (Lipinski definition) is 9. The first-order chi connectivity index (χ1) is 13.3. The normalized spacial score (nSPS) is 11.4. The Labute approximate surface area is 162 Å². The van der Waals surface area contributed by atoms with Crippen LogP contribution in [0.2, 0.25) is 0 Å². The number of aromatic nitrogens is 4. The van der Waals surface area contributed by atoms with Crippen LogP contribution in [0.4, 0.5) is 17.5 Å². The number of sulfonamides is 1. The molecular formula is C17H21N7O3S. The second-order valence-corrected chi connectivity index (χ2v) is 7.83. The molecule has 3 aromatic heterocycles. The lowest BCUT2D eigenvalue weighted by molar-refractivity contribution is 0.390. The van der Waals surface area contributed by atoms with Gasteiger partial charge in [-0.2, -0.15) is 0 Å². The largest absolute Gasteiger partial charge is 0.367 e. The summed E-state index contributed by atoms with van der Waals surface area (Å²) in [6.45, 7) is 5.61. The molecule has 11 heteroatoms. The van der Waals surface area contributed by atoms with Crippen molar-refractivity contribution in [3.05, 3.63) is 47.5 Å². The fourth-order valence-electron chi connectivity index (χ4n) is 2.47. The zero-order chi connectivity index (χ0) is 20.1. The summed E-state index contributed by atoms with van der Waals surface area (Å²) in [5.41, 5.74) is 1.40. The Bertz CT molecular complexity index is 1010. The molecule has 0 bridgehead atoms. The molecule has 0 radical (unpaired) electrons. The van der Waals surface area contributed by atoms with Gasteiger partial charge < -0.3 is 15.2 Å². The van der Waals surface area contributed by atoms with E-state index in [0.29, 0.717) is 29.7 Å². The molecule has 3 rings (SSSR count). The van der Waals surface area contributed by atoms with Crippen molar-refractivity contribution in [2.75, 3.05) is 23.7 Å². The van der Waals surface area contributed by atoms with Gasteiger partial charge in [0.15, 0.2) is 11.6 Å². The minimum Gasteiger partial charge on any atom is -0.367 e. The van der Waals surface area contributed by atoms with Gasteiger partial charge in [-0.05, 0) is 44.5 Å². The summed E-state index contributed by atoms with van der Waals surface area (Å²) < 4.78 is 32.0. The molecule has 10 nitrogen and oxygen atoms in total. The van der Waals surface area contributed by atoms with E-state index in [1.807, 2.05) is 19.1 Å². The van der Waals surface area contributed by atoms with Gasteiger partial charge in [-0.25, -0.2) is 18.1 Å². The van der Waals surface area contributed by atoms with Gasteiger partial charge in [0.2, 0.25) is 10.0 Å². The minimum atomic E-state index is -3.68. The first-order valence-corrected chi connectivity index (χ1v) is 10.0. The highest BCUT2D eigenvalue weighted by atomic mass is 32.2. The highest BCUT2D eigenvalue weighted by Gasteiger charge is 2.23. The zero-order valence-electron chi connectivity index (χ0n) is 15.7. The van der Waals surface area contributed by atoms with E-state index in [1.54, 1.807) is 32.2 Å². The predicted octanol–water partition coefficient (Wildman–Crippen LogP) is 1.92. The summed E-state index contributed by atoms with van der Waals surface area (Å²) >= 11 is 0. The van der Waals surface area contributed by atoms with Crippen LogP contribution in [0.5, 0.6) is 0 Å². The van der Waals surface area contributed by atoms with E-state index < -0.39 is 10.0 Å². The summed E-state index contributed by atoms with van der Waals surface area (Å²) in [6.07, 6.45) is 1.76. The Hall–Kier alpha value is -3.05. The highest BCUT2D eigenvalue weighted by Crippen LogP contribution is 2.18. The summed E-state index contributed by atoms with van der Waals surface area (Å²) in [5.74, 6) is 2.02. The second-order valence-electron chi connectivity index (χ2n) is 6.13. The molecule has 0 fully saturated rings. The number of aryl methyl sites for hydroxylation is 3. The third kappa shape index (κ3) is 4.81. The summed E-state index contributed by atoms with van der Waals surface area (Å²) in [4.78, 5) is 4.32. The standard InChI is InChI=1S/C17H21N7O3S/c1-11-4-5-14(19-10-11)21-16-7-6-15(22-23-16)18-8-9-20-28(25,26)17-12(2)24-27-13(17)3/h4-7,10,20H,8-9H2,1-3H3,(H,18,22)(H,19,21,23). The van der Waals surface area contributed by atoms with Gasteiger partial charge in [0.25, 0.3) is 0 Å². The molecule has 0 spiro atoms. The maximum Gasteiger partial charge on any atom is 0.246 e. The van der Waals surface area contributed by atoms with Crippen LogP contribution < -0.4 is 15.4 Å². The molecule has 3 N–H and O–H groups in total. The molecule has 0 aliphatic rings. The van der Waals surface area contributed by atoms with Crippen LogP contribution in [0, 0.1) is 20.8 Å². The van der Waals surface area contributed by atoms with E-state index in [0.717, 1.165) is 5.56 Å². The number of nitrogens with zero attached hydrogens (tertiary/aromatic N) is 4. The Morgan fingerprint density at radius 2 is 1.68 bits per heavy atom. The van der Waals surface area contributed by atoms with Crippen molar-refractivity contribution < 1.29 is 12.9 Å².